The Morgan fingerprint density at radius 3 is 2.69 bits per heavy atom. The summed E-state index contributed by atoms with van der Waals surface area (Å²) in [5.41, 5.74) is 2.34. The summed E-state index contributed by atoms with van der Waals surface area (Å²) in [6, 6.07) is 13.5. The fourth-order valence-corrected chi connectivity index (χ4v) is 4.31. The van der Waals surface area contributed by atoms with Crippen LogP contribution in [0.15, 0.2) is 48.5 Å². The molecule has 1 N–H and O–H groups in total. The molecular formula is C19H15F2N3OS. The summed E-state index contributed by atoms with van der Waals surface area (Å²) >= 11 is 1.26. The van der Waals surface area contributed by atoms with Crippen LogP contribution in [0.4, 0.5) is 14.6 Å². The quantitative estimate of drug-likeness (QED) is 0.733. The van der Waals surface area contributed by atoms with Crippen molar-refractivity contribution in [3.63, 3.8) is 0 Å². The second kappa shape index (κ2) is 6.57. The minimum absolute atomic E-state index is 0.142. The third-order valence-electron chi connectivity index (χ3n) is 4.27. The smallest absolute Gasteiger partial charge is 0.235 e. The highest BCUT2D eigenvalue weighted by atomic mass is 32.2. The van der Waals surface area contributed by atoms with Crippen molar-refractivity contribution >= 4 is 23.5 Å². The molecule has 4 nitrogen and oxygen atoms in total. The first-order valence-corrected chi connectivity index (χ1v) is 9.11. The lowest BCUT2D eigenvalue weighted by Crippen LogP contribution is -2.15. The van der Waals surface area contributed by atoms with Crippen molar-refractivity contribution < 1.29 is 13.6 Å². The number of fused-ring (bicyclic) bond motifs is 1. The molecule has 0 bridgehead atoms. The maximum atomic E-state index is 14.5. The molecule has 2 aromatic carbocycles. The molecule has 1 unspecified atom stereocenters. The number of para-hydroxylation sites is 1. The maximum absolute atomic E-state index is 14.5. The topological polar surface area (TPSA) is 46.9 Å². The van der Waals surface area contributed by atoms with Gasteiger partial charge in [-0.25, -0.2) is 13.5 Å². The molecule has 1 aliphatic heterocycles. The van der Waals surface area contributed by atoms with Gasteiger partial charge in [0.25, 0.3) is 0 Å². The number of hydrogen-bond acceptors (Lipinski definition) is 3. The summed E-state index contributed by atoms with van der Waals surface area (Å²) < 4.78 is 29.9. The summed E-state index contributed by atoms with van der Waals surface area (Å²) in [6.07, 6.45) is 0. The first-order valence-electron chi connectivity index (χ1n) is 8.06. The van der Waals surface area contributed by atoms with Crippen LogP contribution in [0.3, 0.4) is 0 Å². The highest BCUT2D eigenvalue weighted by molar-refractivity contribution is 8.00. The average molecular weight is 371 g/mol. The molecule has 26 heavy (non-hydrogen) atoms. The second-order valence-electron chi connectivity index (χ2n) is 5.98. The van der Waals surface area contributed by atoms with Gasteiger partial charge in [0.15, 0.2) is 11.6 Å². The Bertz CT molecular complexity index is 988. The fourth-order valence-electron chi connectivity index (χ4n) is 3.11. The second-order valence-corrected chi connectivity index (χ2v) is 7.07. The molecule has 1 atom stereocenters. The van der Waals surface area contributed by atoms with Crippen LogP contribution >= 0.6 is 11.8 Å². The molecule has 3 aromatic rings. The number of anilines is 1. The van der Waals surface area contributed by atoms with E-state index in [1.54, 1.807) is 17.7 Å². The van der Waals surface area contributed by atoms with Crippen molar-refractivity contribution in [3.05, 3.63) is 77.0 Å². The Hall–Kier alpha value is -2.67. The van der Waals surface area contributed by atoms with E-state index in [0.29, 0.717) is 17.1 Å². The molecule has 0 spiro atoms. The number of amides is 1. The van der Waals surface area contributed by atoms with Crippen molar-refractivity contribution in [2.24, 2.45) is 0 Å². The number of carbonyl (C=O) groups is 1. The largest absolute Gasteiger partial charge is 0.310 e. The summed E-state index contributed by atoms with van der Waals surface area (Å²) in [7, 11) is 0. The van der Waals surface area contributed by atoms with E-state index in [0.717, 1.165) is 11.8 Å². The van der Waals surface area contributed by atoms with Crippen molar-refractivity contribution in [3.8, 4) is 5.69 Å². The van der Waals surface area contributed by atoms with Crippen molar-refractivity contribution in [1.82, 2.24) is 9.78 Å². The fraction of sp³-hybridized carbons (Fsp3) is 0.158. The van der Waals surface area contributed by atoms with E-state index in [9.17, 15) is 13.6 Å². The zero-order valence-corrected chi connectivity index (χ0v) is 14.7. The number of nitrogens with zero attached hydrogens (tertiary/aromatic N) is 2. The van der Waals surface area contributed by atoms with Crippen LogP contribution in [0.5, 0.6) is 0 Å². The third-order valence-corrected chi connectivity index (χ3v) is 5.52. The standard InChI is InChI=1S/C19H15F2N3OS/c1-11-16-18(13-8-5-9-14(20)17(13)21)26-10-15(25)22-19(16)24(23-11)12-6-3-2-4-7-12/h2-9,18H,10H2,1H3,(H,22,25). The molecule has 0 aliphatic carbocycles. The Labute approximate surface area is 153 Å². The molecule has 1 aromatic heterocycles. The van der Waals surface area contributed by atoms with Crippen LogP contribution in [-0.2, 0) is 4.79 Å². The molecule has 132 valence electrons. The Balaban J connectivity index is 1.93. The lowest BCUT2D eigenvalue weighted by atomic mass is 10.0. The van der Waals surface area contributed by atoms with E-state index in [1.165, 1.54) is 17.8 Å². The normalized spacial score (nSPS) is 16.7. The number of thioether (sulfide) groups is 1. The summed E-state index contributed by atoms with van der Waals surface area (Å²) in [5.74, 6) is -1.35. The van der Waals surface area contributed by atoms with Crippen LogP contribution in [-0.4, -0.2) is 21.4 Å². The molecule has 0 radical (unpaired) electrons. The van der Waals surface area contributed by atoms with Gasteiger partial charge >= 0.3 is 0 Å². The van der Waals surface area contributed by atoms with Gasteiger partial charge in [0.2, 0.25) is 5.91 Å². The summed E-state index contributed by atoms with van der Waals surface area (Å²) in [6.45, 7) is 1.81. The molecule has 7 heteroatoms. The highest BCUT2D eigenvalue weighted by Crippen LogP contribution is 2.44. The minimum atomic E-state index is -0.902. The summed E-state index contributed by atoms with van der Waals surface area (Å²) in [5, 5.41) is 6.88. The van der Waals surface area contributed by atoms with E-state index >= 15 is 0 Å². The number of rotatable bonds is 2. The Morgan fingerprint density at radius 2 is 1.92 bits per heavy atom. The SMILES string of the molecule is Cc1nn(-c2ccccc2)c2c1C(c1cccc(F)c1F)SCC(=O)N2. The first-order chi connectivity index (χ1) is 12.6. The van der Waals surface area contributed by atoms with Gasteiger partial charge in [0, 0.05) is 11.1 Å². The van der Waals surface area contributed by atoms with Crippen LogP contribution in [0, 0.1) is 18.6 Å². The van der Waals surface area contributed by atoms with Gasteiger partial charge in [-0.15, -0.1) is 11.8 Å². The van der Waals surface area contributed by atoms with Gasteiger partial charge < -0.3 is 5.32 Å². The Kier molecular flexibility index (Phi) is 4.24. The van der Waals surface area contributed by atoms with Crippen LogP contribution in [0.2, 0.25) is 0 Å². The number of carbonyl (C=O) groups excluding carboxylic acids is 1. The molecule has 1 aliphatic rings. The van der Waals surface area contributed by atoms with Gasteiger partial charge in [-0.05, 0) is 25.1 Å². The molecule has 2 heterocycles. The van der Waals surface area contributed by atoms with E-state index < -0.39 is 16.9 Å². The maximum Gasteiger partial charge on any atom is 0.235 e. The number of hydrogen-bond donors (Lipinski definition) is 1. The number of benzene rings is 2. The van der Waals surface area contributed by atoms with E-state index in [4.69, 9.17) is 0 Å². The zero-order chi connectivity index (χ0) is 18.3. The highest BCUT2D eigenvalue weighted by Gasteiger charge is 2.32. The lowest BCUT2D eigenvalue weighted by molar-refractivity contribution is -0.113. The van der Waals surface area contributed by atoms with E-state index in [2.05, 4.69) is 10.4 Å². The van der Waals surface area contributed by atoms with Gasteiger partial charge in [-0.1, -0.05) is 30.3 Å². The van der Waals surface area contributed by atoms with Gasteiger partial charge in [0.05, 0.1) is 22.4 Å². The monoisotopic (exact) mass is 371 g/mol. The van der Waals surface area contributed by atoms with Crippen LogP contribution in [0.25, 0.3) is 5.69 Å². The summed E-state index contributed by atoms with van der Waals surface area (Å²) in [4.78, 5) is 12.2. The van der Waals surface area contributed by atoms with Crippen molar-refractivity contribution in [1.29, 1.82) is 0 Å². The molecular weight excluding hydrogens is 356 g/mol. The molecule has 4 rings (SSSR count). The van der Waals surface area contributed by atoms with Gasteiger partial charge in [-0.2, -0.15) is 5.10 Å². The van der Waals surface area contributed by atoms with E-state index in [-0.39, 0.29) is 17.2 Å². The van der Waals surface area contributed by atoms with Crippen molar-refractivity contribution in [2.75, 3.05) is 11.1 Å². The molecule has 0 fully saturated rings. The Morgan fingerprint density at radius 1 is 1.15 bits per heavy atom. The first kappa shape index (κ1) is 16.8. The number of halogens is 2. The van der Waals surface area contributed by atoms with Crippen LogP contribution in [0.1, 0.15) is 22.1 Å². The lowest BCUT2D eigenvalue weighted by Gasteiger charge is -2.16. The number of aryl methyl sites for hydroxylation is 1. The predicted octanol–water partition coefficient (Wildman–Crippen LogP) is 4.23. The number of nitrogens with one attached hydrogen (secondary N) is 1. The molecule has 0 saturated carbocycles. The van der Waals surface area contributed by atoms with Crippen molar-refractivity contribution in [2.45, 2.75) is 12.2 Å². The molecule has 0 saturated heterocycles. The van der Waals surface area contributed by atoms with Crippen LogP contribution < -0.4 is 5.32 Å². The molecule has 1 amide bonds. The average Bonchev–Trinajstić information content (AvgIpc) is 2.85. The van der Waals surface area contributed by atoms with E-state index in [1.807, 2.05) is 30.3 Å². The van der Waals surface area contributed by atoms with Gasteiger partial charge in [0.1, 0.15) is 5.82 Å². The van der Waals surface area contributed by atoms with Gasteiger partial charge in [-0.3, -0.25) is 4.79 Å². The minimum Gasteiger partial charge on any atom is -0.310 e. The third kappa shape index (κ3) is 2.78. The number of aromatic nitrogens is 2. The predicted molar refractivity (Wildman–Crippen MR) is 97.6 cm³/mol. The zero-order valence-electron chi connectivity index (χ0n) is 13.9.